The smallest absolute Gasteiger partial charge is 0.410 e. The minimum absolute atomic E-state index is 0.00988. The molecular weight excluding hydrogens is 1150 g/mol. The topological polar surface area (TPSA) is 252 Å². The first-order valence-electron chi connectivity index (χ1n) is 30.4. The number of nitrogens with one attached hydrogen (secondary N) is 4. The Hall–Kier alpha value is -8.06. The van der Waals surface area contributed by atoms with Crippen molar-refractivity contribution in [3.63, 3.8) is 0 Å². The van der Waals surface area contributed by atoms with Crippen molar-refractivity contribution in [1.82, 2.24) is 40.4 Å². The predicted molar refractivity (Wildman–Crippen MR) is 326 cm³/mol. The van der Waals surface area contributed by atoms with Gasteiger partial charge in [-0.2, -0.15) is 0 Å². The number of hydrogen-bond acceptors (Lipinski definition) is 13. The van der Waals surface area contributed by atoms with Gasteiger partial charge in [-0.15, -0.1) is 0 Å². The number of carboxylic acid groups (broad SMARTS) is 1. The second-order valence-corrected chi connectivity index (χ2v) is 25.2. The van der Waals surface area contributed by atoms with E-state index in [0.29, 0.717) is 87.7 Å². The van der Waals surface area contributed by atoms with Crippen LogP contribution in [0.2, 0.25) is 0 Å². The van der Waals surface area contributed by atoms with Gasteiger partial charge in [0.05, 0.1) is 30.9 Å². The van der Waals surface area contributed by atoms with Gasteiger partial charge in [-0.25, -0.2) is 18.4 Å². The van der Waals surface area contributed by atoms with Crippen LogP contribution in [0.15, 0.2) is 84.9 Å². The normalized spacial score (nSPS) is 22.1. The Morgan fingerprint density at radius 2 is 1.54 bits per heavy atom. The summed E-state index contributed by atoms with van der Waals surface area (Å²) < 4.78 is 46.4. The number of nitrogens with zero attached hydrogens (tertiary/aromatic N) is 6. The van der Waals surface area contributed by atoms with E-state index in [2.05, 4.69) is 33.1 Å². The number of piperazine rings is 1. The summed E-state index contributed by atoms with van der Waals surface area (Å²) in [4.78, 5) is 122. The molecule has 3 fully saturated rings. The fourth-order valence-corrected chi connectivity index (χ4v) is 12.5. The fourth-order valence-electron chi connectivity index (χ4n) is 12.5. The van der Waals surface area contributed by atoms with Gasteiger partial charge in [0.15, 0.2) is 0 Å². The zero-order valence-corrected chi connectivity index (χ0v) is 51.8. The van der Waals surface area contributed by atoms with E-state index in [1.807, 2.05) is 30.0 Å². The molecule has 3 unspecified atom stereocenters. The monoisotopic (exact) mass is 1230 g/mol. The third kappa shape index (κ3) is 15.2. The van der Waals surface area contributed by atoms with Crippen molar-refractivity contribution in [2.45, 2.75) is 122 Å². The number of amides is 8. The van der Waals surface area contributed by atoms with Crippen LogP contribution in [0.3, 0.4) is 0 Å². The molecule has 0 radical (unpaired) electrons. The Labute approximate surface area is 517 Å². The van der Waals surface area contributed by atoms with E-state index in [4.69, 9.17) is 14.2 Å². The number of ether oxygens (including phenoxy) is 3. The molecule has 0 bridgehead atoms. The maximum Gasteiger partial charge on any atom is 0.410 e. The number of fused-ring (bicyclic) bond motifs is 2. The average molecular weight is 1230 g/mol. The molecule has 0 aromatic heterocycles. The van der Waals surface area contributed by atoms with Gasteiger partial charge < -0.3 is 55.3 Å². The molecule has 0 saturated carbocycles. The molecule has 9 rings (SSSR count). The summed E-state index contributed by atoms with van der Waals surface area (Å²) in [5.41, 5.74) is 1.46. The molecule has 5 heterocycles. The first-order valence-corrected chi connectivity index (χ1v) is 30.4. The molecule has 4 aromatic rings. The van der Waals surface area contributed by atoms with Gasteiger partial charge in [-0.3, -0.25) is 43.5 Å². The van der Waals surface area contributed by atoms with Gasteiger partial charge in [-0.1, -0.05) is 48.5 Å². The number of morpholine rings is 1. The largest absolute Gasteiger partial charge is 0.465 e. The van der Waals surface area contributed by atoms with E-state index in [9.17, 15) is 47.9 Å². The highest BCUT2D eigenvalue weighted by Crippen LogP contribution is 2.43. The Bertz CT molecular complexity index is 3310. The van der Waals surface area contributed by atoms with E-state index in [-0.39, 0.29) is 74.3 Å². The molecule has 8 amide bonds. The number of likely N-dealkylation sites (N-methyl/N-ethyl adjacent to an activating group) is 1. The zero-order valence-electron chi connectivity index (χ0n) is 51.8. The van der Waals surface area contributed by atoms with Gasteiger partial charge >= 0.3 is 12.2 Å². The molecule has 89 heavy (non-hydrogen) atoms. The average Bonchev–Trinajstić information content (AvgIpc) is 1.73. The summed E-state index contributed by atoms with van der Waals surface area (Å²) in [6, 6.07) is 18.0. The number of benzene rings is 4. The van der Waals surface area contributed by atoms with Crippen LogP contribution in [0, 0.1) is 17.6 Å². The summed E-state index contributed by atoms with van der Waals surface area (Å²) in [6.45, 7) is 15.4. The Morgan fingerprint density at radius 1 is 0.831 bits per heavy atom. The van der Waals surface area contributed by atoms with Crippen molar-refractivity contribution in [3.05, 3.63) is 130 Å². The summed E-state index contributed by atoms with van der Waals surface area (Å²) in [7, 11) is 1.42. The Kier molecular flexibility index (Phi) is 20.4. The summed E-state index contributed by atoms with van der Waals surface area (Å²) in [6.07, 6.45) is -0.505. The van der Waals surface area contributed by atoms with Gasteiger partial charge in [0.2, 0.25) is 23.6 Å². The molecule has 22 nitrogen and oxygen atoms in total. The van der Waals surface area contributed by atoms with Crippen LogP contribution in [0.4, 0.5) is 29.7 Å². The van der Waals surface area contributed by atoms with Crippen LogP contribution in [-0.4, -0.2) is 199 Å². The van der Waals surface area contributed by atoms with Gasteiger partial charge in [-0.05, 0) is 138 Å². The van der Waals surface area contributed by atoms with E-state index in [1.165, 1.54) is 48.0 Å². The van der Waals surface area contributed by atoms with Crippen molar-refractivity contribution < 1.29 is 66.5 Å². The molecule has 4 aromatic carbocycles. The SMILES string of the molecule is CC(C(=O)NC(C(=O)N1Cc2ccccc2[C@H]1C(=O)Nc1cc(C(=O)NCCNC(=O)C2(C)CN(C(=O)CN3C[C@@H](C)N(C(=O)O)C[C@@H]3CN3CCOC[C@H]3C)c3cc(Cc4ccc(F)cc4)ccc32)ccc1F)C1CCOCC1)N(C)C(=O)OC(C)(C)C. The number of halogens is 2. The lowest BCUT2D eigenvalue weighted by molar-refractivity contribution is -0.144. The predicted octanol–water partition coefficient (Wildman–Crippen LogP) is 5.67. The molecule has 5 aliphatic heterocycles. The molecule has 478 valence electrons. The molecule has 0 spiro atoms. The molecule has 7 atom stereocenters. The molecule has 3 saturated heterocycles. The van der Waals surface area contributed by atoms with Crippen LogP contribution >= 0.6 is 0 Å². The molecule has 24 heteroatoms. The maximum atomic E-state index is 15.8. The third-order valence-electron chi connectivity index (χ3n) is 17.7. The first-order chi connectivity index (χ1) is 42.3. The molecular formula is C65H82F2N10O12. The van der Waals surface area contributed by atoms with Gasteiger partial charge in [0, 0.05) is 102 Å². The summed E-state index contributed by atoms with van der Waals surface area (Å²) in [5, 5.41) is 21.3. The fraction of sp³-hybridized carbons (Fsp3) is 0.508. The molecule has 5 N–H and O–H groups in total. The van der Waals surface area contributed by atoms with Crippen LogP contribution in [0.1, 0.15) is 106 Å². The van der Waals surface area contributed by atoms with Crippen molar-refractivity contribution in [1.29, 1.82) is 0 Å². The van der Waals surface area contributed by atoms with Crippen molar-refractivity contribution in [2.24, 2.45) is 5.92 Å². The Morgan fingerprint density at radius 3 is 2.25 bits per heavy atom. The first kappa shape index (κ1) is 65.4. The van der Waals surface area contributed by atoms with Crippen LogP contribution in [0.25, 0.3) is 0 Å². The van der Waals surface area contributed by atoms with E-state index < -0.39 is 88.6 Å². The third-order valence-corrected chi connectivity index (χ3v) is 17.7. The lowest BCUT2D eigenvalue weighted by Gasteiger charge is -2.47. The molecule has 0 aliphatic carbocycles. The highest BCUT2D eigenvalue weighted by atomic mass is 19.1. The van der Waals surface area contributed by atoms with E-state index >= 15 is 4.39 Å². The summed E-state index contributed by atoms with van der Waals surface area (Å²) >= 11 is 0. The second-order valence-electron chi connectivity index (χ2n) is 25.2. The number of carbonyl (C=O) groups excluding carboxylic acids is 7. The number of anilines is 2. The number of hydrogen-bond donors (Lipinski definition) is 5. The van der Waals surface area contributed by atoms with Crippen LogP contribution in [-0.2, 0) is 56.6 Å². The number of rotatable bonds is 18. The van der Waals surface area contributed by atoms with Crippen molar-refractivity contribution >= 4 is 59.0 Å². The highest BCUT2D eigenvalue weighted by Gasteiger charge is 2.49. The molecule has 5 aliphatic rings. The summed E-state index contributed by atoms with van der Waals surface area (Å²) in [5.74, 6) is -4.95. The maximum absolute atomic E-state index is 15.8. The Balaban J connectivity index is 0.868. The quantitative estimate of drug-likeness (QED) is 0.0754. The van der Waals surface area contributed by atoms with Gasteiger partial charge in [0.1, 0.15) is 35.4 Å². The van der Waals surface area contributed by atoms with E-state index in [1.54, 1.807) is 69.0 Å². The van der Waals surface area contributed by atoms with Crippen molar-refractivity contribution in [2.75, 3.05) is 96.0 Å². The number of carbonyl (C=O) groups is 8. The zero-order chi connectivity index (χ0) is 64.1. The minimum atomic E-state index is -1.28. The van der Waals surface area contributed by atoms with Gasteiger partial charge in [0.25, 0.3) is 11.8 Å². The van der Waals surface area contributed by atoms with Crippen molar-refractivity contribution in [3.8, 4) is 0 Å². The standard InChI is InChI=1S/C65H82F2N10O12/c1-39-32-74(48(35-75(39)62(84)85)34-73-25-28-88-37-40(73)2)36-54(78)77-38-65(7,50-19-15-43(30-53(50)77)29-42-13-17-47(66)18-14-42)61(83)69-24-23-68-58(80)45-16-20-51(67)52(31-45)70-59(81)56-49-12-10-9-11-46(49)33-76(56)60(82)55(44-21-26-87-27-22-44)71-57(79)41(3)72(8)63(86)89-64(4,5)6/h9-20,30-31,39-41,44,48,55-56H,21-29,32-38H2,1-8H3,(H,68,80)(H,69,83)(H,70,81)(H,71,79)(H,84,85)/t39-,40-,41?,48+,55?,56+,65?/m1/s1. The highest BCUT2D eigenvalue weighted by molar-refractivity contribution is 6.04. The second kappa shape index (κ2) is 27.8. The minimum Gasteiger partial charge on any atom is -0.465 e. The lowest BCUT2D eigenvalue weighted by Crippen LogP contribution is -2.64. The van der Waals surface area contributed by atoms with Crippen LogP contribution in [0.5, 0.6) is 0 Å². The van der Waals surface area contributed by atoms with Crippen LogP contribution < -0.4 is 26.2 Å². The van der Waals surface area contributed by atoms with E-state index in [0.717, 1.165) is 22.1 Å². The lowest BCUT2D eigenvalue weighted by atomic mass is 9.83.